The van der Waals surface area contributed by atoms with Crippen molar-refractivity contribution in [1.82, 2.24) is 4.90 Å². The molecule has 0 aromatic heterocycles. The summed E-state index contributed by atoms with van der Waals surface area (Å²) < 4.78 is 13.1. The molecule has 0 aliphatic rings. The Balaban J connectivity index is 2.77. The van der Waals surface area contributed by atoms with Crippen molar-refractivity contribution >= 4 is 29.3 Å². The third-order valence-electron chi connectivity index (χ3n) is 2.22. The fourth-order valence-corrected chi connectivity index (χ4v) is 1.74. The molecule has 0 radical (unpaired) electrons. The maximum absolute atomic E-state index is 13.1. The number of halogens is 2. The standard InChI is InChI=1S/C12H14ClFN2O3/c1-2-3-16(7-11(17)18)12(19)15-10-5-8(13)4-9(14)6-10/h4-6H,2-3,7H2,1H3,(H,15,19)(H,17,18). The van der Waals surface area contributed by atoms with Crippen LogP contribution in [-0.4, -0.2) is 35.1 Å². The Morgan fingerprint density at radius 3 is 2.63 bits per heavy atom. The van der Waals surface area contributed by atoms with E-state index >= 15 is 0 Å². The predicted octanol–water partition coefficient (Wildman–Crippen LogP) is 2.81. The average molecular weight is 289 g/mol. The first-order valence-electron chi connectivity index (χ1n) is 5.66. The maximum atomic E-state index is 13.1. The van der Waals surface area contributed by atoms with E-state index in [-0.39, 0.29) is 10.7 Å². The lowest BCUT2D eigenvalue weighted by Gasteiger charge is -2.20. The molecular formula is C12H14ClFN2O3. The number of carbonyl (C=O) groups is 2. The van der Waals surface area contributed by atoms with E-state index in [1.807, 2.05) is 6.92 Å². The van der Waals surface area contributed by atoms with E-state index in [9.17, 15) is 14.0 Å². The normalized spacial score (nSPS) is 10.1. The molecule has 0 saturated heterocycles. The molecule has 0 saturated carbocycles. The lowest BCUT2D eigenvalue weighted by molar-refractivity contribution is -0.137. The molecule has 0 unspecified atom stereocenters. The zero-order valence-electron chi connectivity index (χ0n) is 10.3. The van der Waals surface area contributed by atoms with Crippen LogP contribution in [0.5, 0.6) is 0 Å². The average Bonchev–Trinajstić information content (AvgIpc) is 2.26. The van der Waals surface area contributed by atoms with Crippen molar-refractivity contribution in [2.24, 2.45) is 0 Å². The topological polar surface area (TPSA) is 69.6 Å². The molecule has 1 aromatic rings. The highest BCUT2D eigenvalue weighted by molar-refractivity contribution is 6.30. The van der Waals surface area contributed by atoms with Crippen LogP contribution in [0, 0.1) is 5.82 Å². The van der Waals surface area contributed by atoms with Gasteiger partial charge in [-0.25, -0.2) is 9.18 Å². The van der Waals surface area contributed by atoms with Crippen LogP contribution >= 0.6 is 11.6 Å². The van der Waals surface area contributed by atoms with Crippen molar-refractivity contribution in [2.75, 3.05) is 18.4 Å². The quantitative estimate of drug-likeness (QED) is 0.875. The fraction of sp³-hybridized carbons (Fsp3) is 0.333. The molecule has 2 amide bonds. The number of benzene rings is 1. The van der Waals surface area contributed by atoms with Gasteiger partial charge in [0.15, 0.2) is 0 Å². The van der Waals surface area contributed by atoms with Crippen LogP contribution in [0.4, 0.5) is 14.9 Å². The molecule has 2 N–H and O–H groups in total. The number of aliphatic carboxylic acids is 1. The molecule has 0 aliphatic heterocycles. The van der Waals surface area contributed by atoms with Crippen LogP contribution in [-0.2, 0) is 4.79 Å². The van der Waals surface area contributed by atoms with Gasteiger partial charge in [0.25, 0.3) is 0 Å². The number of rotatable bonds is 5. The van der Waals surface area contributed by atoms with Crippen molar-refractivity contribution in [3.05, 3.63) is 29.0 Å². The molecular weight excluding hydrogens is 275 g/mol. The van der Waals surface area contributed by atoms with Gasteiger partial charge in [0.1, 0.15) is 12.4 Å². The third-order valence-corrected chi connectivity index (χ3v) is 2.44. The SMILES string of the molecule is CCCN(CC(=O)O)C(=O)Nc1cc(F)cc(Cl)c1. The van der Waals surface area contributed by atoms with Crippen LogP contribution in [0.1, 0.15) is 13.3 Å². The van der Waals surface area contributed by atoms with Gasteiger partial charge in [-0.2, -0.15) is 0 Å². The minimum Gasteiger partial charge on any atom is -0.480 e. The number of anilines is 1. The molecule has 0 aliphatic carbocycles. The largest absolute Gasteiger partial charge is 0.480 e. The Labute approximate surface area is 115 Å². The number of hydrogen-bond acceptors (Lipinski definition) is 2. The highest BCUT2D eigenvalue weighted by atomic mass is 35.5. The Morgan fingerprint density at radius 1 is 1.42 bits per heavy atom. The summed E-state index contributed by atoms with van der Waals surface area (Å²) in [5, 5.41) is 11.3. The fourth-order valence-electron chi connectivity index (χ4n) is 1.51. The van der Waals surface area contributed by atoms with E-state index in [0.29, 0.717) is 13.0 Å². The van der Waals surface area contributed by atoms with E-state index in [1.165, 1.54) is 6.07 Å². The zero-order chi connectivity index (χ0) is 14.4. The number of urea groups is 1. The summed E-state index contributed by atoms with van der Waals surface area (Å²) in [7, 11) is 0. The molecule has 1 rings (SSSR count). The molecule has 1 aromatic carbocycles. The van der Waals surface area contributed by atoms with Gasteiger partial charge in [-0.15, -0.1) is 0 Å². The Kier molecular flexibility index (Phi) is 5.57. The van der Waals surface area contributed by atoms with Crippen LogP contribution in [0.2, 0.25) is 5.02 Å². The molecule has 0 spiro atoms. The molecule has 0 bridgehead atoms. The van der Waals surface area contributed by atoms with Gasteiger partial charge in [0.2, 0.25) is 0 Å². The first-order valence-corrected chi connectivity index (χ1v) is 6.04. The van der Waals surface area contributed by atoms with E-state index in [0.717, 1.165) is 17.0 Å². The van der Waals surface area contributed by atoms with Gasteiger partial charge >= 0.3 is 12.0 Å². The smallest absolute Gasteiger partial charge is 0.323 e. The summed E-state index contributed by atoms with van der Waals surface area (Å²) in [6.07, 6.45) is 0.616. The van der Waals surface area contributed by atoms with Crippen molar-refractivity contribution in [3.8, 4) is 0 Å². The number of carbonyl (C=O) groups excluding carboxylic acids is 1. The van der Waals surface area contributed by atoms with E-state index in [4.69, 9.17) is 16.7 Å². The Bertz CT molecular complexity index is 462. The Morgan fingerprint density at radius 2 is 2.11 bits per heavy atom. The first-order chi connectivity index (χ1) is 8.92. The van der Waals surface area contributed by atoms with Crippen LogP contribution < -0.4 is 5.32 Å². The van der Waals surface area contributed by atoms with Crippen molar-refractivity contribution in [1.29, 1.82) is 0 Å². The summed E-state index contributed by atoms with van der Waals surface area (Å²) in [4.78, 5) is 23.6. The summed E-state index contributed by atoms with van der Waals surface area (Å²) in [5.74, 6) is -1.69. The van der Waals surface area contributed by atoms with Crippen molar-refractivity contribution < 1.29 is 19.1 Å². The molecule has 0 heterocycles. The molecule has 0 fully saturated rings. The van der Waals surface area contributed by atoms with Gasteiger partial charge in [0.05, 0.1) is 0 Å². The van der Waals surface area contributed by atoms with Gasteiger partial charge in [-0.3, -0.25) is 4.79 Å². The van der Waals surface area contributed by atoms with Gasteiger partial charge in [-0.1, -0.05) is 18.5 Å². The highest BCUT2D eigenvalue weighted by Gasteiger charge is 2.16. The maximum Gasteiger partial charge on any atom is 0.323 e. The molecule has 0 atom stereocenters. The molecule has 104 valence electrons. The minimum absolute atomic E-state index is 0.149. The second-order valence-corrected chi connectivity index (χ2v) is 4.34. The summed E-state index contributed by atoms with van der Waals surface area (Å²) in [5.41, 5.74) is 0.182. The van der Waals surface area contributed by atoms with E-state index in [2.05, 4.69) is 5.32 Å². The number of nitrogens with zero attached hydrogens (tertiary/aromatic N) is 1. The third kappa shape index (κ3) is 5.13. The second-order valence-electron chi connectivity index (χ2n) is 3.90. The lowest BCUT2D eigenvalue weighted by Crippen LogP contribution is -2.39. The van der Waals surface area contributed by atoms with Gasteiger partial charge in [-0.05, 0) is 24.6 Å². The van der Waals surface area contributed by atoms with Crippen molar-refractivity contribution in [3.63, 3.8) is 0 Å². The number of nitrogens with one attached hydrogen (secondary N) is 1. The van der Waals surface area contributed by atoms with Crippen LogP contribution in [0.3, 0.4) is 0 Å². The minimum atomic E-state index is -1.11. The lowest BCUT2D eigenvalue weighted by atomic mass is 10.3. The molecule has 7 heteroatoms. The highest BCUT2D eigenvalue weighted by Crippen LogP contribution is 2.18. The zero-order valence-corrected chi connectivity index (χ0v) is 11.1. The number of carboxylic acids is 1. The van der Waals surface area contributed by atoms with Crippen molar-refractivity contribution in [2.45, 2.75) is 13.3 Å². The Hall–Kier alpha value is -1.82. The molecule has 5 nitrogen and oxygen atoms in total. The van der Waals surface area contributed by atoms with Crippen LogP contribution in [0.15, 0.2) is 18.2 Å². The summed E-state index contributed by atoms with van der Waals surface area (Å²) in [6, 6.07) is 2.99. The number of carboxylic acid groups (broad SMARTS) is 1. The monoisotopic (exact) mass is 288 g/mol. The number of amides is 2. The van der Waals surface area contributed by atoms with Gasteiger partial charge < -0.3 is 15.3 Å². The van der Waals surface area contributed by atoms with E-state index < -0.39 is 24.4 Å². The van der Waals surface area contributed by atoms with E-state index in [1.54, 1.807) is 0 Å². The molecule has 19 heavy (non-hydrogen) atoms. The van der Waals surface area contributed by atoms with Crippen LogP contribution in [0.25, 0.3) is 0 Å². The summed E-state index contributed by atoms with van der Waals surface area (Å²) in [6.45, 7) is 1.70. The summed E-state index contributed by atoms with van der Waals surface area (Å²) >= 11 is 5.66. The number of hydrogen-bond donors (Lipinski definition) is 2. The second kappa shape index (κ2) is 6.94. The first kappa shape index (κ1) is 15.2. The predicted molar refractivity (Wildman–Crippen MR) is 69.9 cm³/mol. The van der Waals surface area contributed by atoms with Gasteiger partial charge in [0, 0.05) is 17.3 Å².